The SMILES string of the molecule is CNC1CCC(C)(C)CC1CN(C)CC1CCCO1. The van der Waals surface area contributed by atoms with Crippen molar-refractivity contribution >= 4 is 0 Å². The van der Waals surface area contributed by atoms with Crippen molar-refractivity contribution in [1.29, 1.82) is 0 Å². The maximum atomic E-state index is 5.75. The highest BCUT2D eigenvalue weighted by atomic mass is 16.5. The number of nitrogens with one attached hydrogen (secondary N) is 1. The molecule has 1 saturated heterocycles. The van der Waals surface area contributed by atoms with Crippen LogP contribution in [0.2, 0.25) is 0 Å². The Bertz CT molecular complexity index is 274. The van der Waals surface area contributed by atoms with Gasteiger partial charge in [0.25, 0.3) is 0 Å². The number of rotatable bonds is 5. The smallest absolute Gasteiger partial charge is 0.0702 e. The summed E-state index contributed by atoms with van der Waals surface area (Å²) >= 11 is 0. The summed E-state index contributed by atoms with van der Waals surface area (Å²) in [6.45, 7) is 8.12. The molecule has 0 aromatic rings. The lowest BCUT2D eigenvalue weighted by atomic mass is 9.69. The third-order valence-corrected chi connectivity index (χ3v) is 4.97. The van der Waals surface area contributed by atoms with Crippen molar-refractivity contribution < 1.29 is 4.74 Å². The Morgan fingerprint density at radius 3 is 2.68 bits per heavy atom. The van der Waals surface area contributed by atoms with Crippen LogP contribution >= 0.6 is 0 Å². The van der Waals surface area contributed by atoms with Crippen molar-refractivity contribution in [1.82, 2.24) is 10.2 Å². The van der Waals surface area contributed by atoms with Gasteiger partial charge in [0.05, 0.1) is 6.10 Å². The van der Waals surface area contributed by atoms with Gasteiger partial charge < -0.3 is 15.0 Å². The van der Waals surface area contributed by atoms with Crippen LogP contribution in [0, 0.1) is 11.3 Å². The highest BCUT2D eigenvalue weighted by Gasteiger charge is 2.34. The van der Waals surface area contributed by atoms with Crippen LogP contribution in [0.4, 0.5) is 0 Å². The van der Waals surface area contributed by atoms with E-state index in [1.54, 1.807) is 0 Å². The zero-order valence-corrected chi connectivity index (χ0v) is 13.2. The molecule has 3 atom stereocenters. The van der Waals surface area contributed by atoms with Gasteiger partial charge in [-0.2, -0.15) is 0 Å². The van der Waals surface area contributed by atoms with Gasteiger partial charge >= 0.3 is 0 Å². The third-order valence-electron chi connectivity index (χ3n) is 4.97. The molecule has 2 aliphatic rings. The van der Waals surface area contributed by atoms with E-state index in [0.29, 0.717) is 17.6 Å². The van der Waals surface area contributed by atoms with Crippen molar-refractivity contribution in [3.63, 3.8) is 0 Å². The van der Waals surface area contributed by atoms with E-state index in [1.165, 1.54) is 38.6 Å². The van der Waals surface area contributed by atoms with Gasteiger partial charge in [0.2, 0.25) is 0 Å². The van der Waals surface area contributed by atoms with E-state index in [9.17, 15) is 0 Å². The minimum atomic E-state index is 0.481. The van der Waals surface area contributed by atoms with Crippen LogP contribution in [-0.2, 0) is 4.74 Å². The van der Waals surface area contributed by atoms with Crippen LogP contribution in [0.25, 0.3) is 0 Å². The van der Waals surface area contributed by atoms with Crippen LogP contribution < -0.4 is 5.32 Å². The van der Waals surface area contributed by atoms with Crippen LogP contribution in [0.5, 0.6) is 0 Å². The highest BCUT2D eigenvalue weighted by Crippen LogP contribution is 2.38. The molecule has 0 aromatic heterocycles. The van der Waals surface area contributed by atoms with Crippen molar-refractivity contribution in [2.75, 3.05) is 33.8 Å². The predicted molar refractivity (Wildman–Crippen MR) is 80.4 cm³/mol. The maximum absolute atomic E-state index is 5.75. The highest BCUT2D eigenvalue weighted by molar-refractivity contribution is 4.89. The molecule has 19 heavy (non-hydrogen) atoms. The molecule has 0 radical (unpaired) electrons. The molecule has 3 unspecified atom stereocenters. The van der Waals surface area contributed by atoms with Gasteiger partial charge in [-0.25, -0.2) is 0 Å². The fraction of sp³-hybridized carbons (Fsp3) is 1.00. The zero-order chi connectivity index (χ0) is 13.9. The first kappa shape index (κ1) is 15.3. The lowest BCUT2D eigenvalue weighted by Gasteiger charge is -2.42. The summed E-state index contributed by atoms with van der Waals surface area (Å²) in [4.78, 5) is 2.49. The number of ether oxygens (including phenoxy) is 1. The Labute approximate surface area is 119 Å². The molecule has 0 amide bonds. The Morgan fingerprint density at radius 1 is 1.26 bits per heavy atom. The summed E-state index contributed by atoms with van der Waals surface area (Å²) in [7, 11) is 4.38. The van der Waals surface area contributed by atoms with Gasteiger partial charge in [-0.3, -0.25) is 0 Å². The first-order chi connectivity index (χ1) is 9.00. The van der Waals surface area contributed by atoms with Crippen molar-refractivity contribution in [3.05, 3.63) is 0 Å². The largest absolute Gasteiger partial charge is 0.377 e. The van der Waals surface area contributed by atoms with Gasteiger partial charge in [0.15, 0.2) is 0 Å². The second kappa shape index (κ2) is 6.55. The molecule has 0 bridgehead atoms. The van der Waals surface area contributed by atoms with Crippen LogP contribution in [0.1, 0.15) is 46.0 Å². The second-order valence-corrected chi connectivity index (χ2v) is 7.42. The quantitative estimate of drug-likeness (QED) is 0.829. The predicted octanol–water partition coefficient (Wildman–Crippen LogP) is 2.51. The average molecular weight is 268 g/mol. The molecule has 1 aliphatic heterocycles. The van der Waals surface area contributed by atoms with Crippen LogP contribution in [0.15, 0.2) is 0 Å². The van der Waals surface area contributed by atoms with Crippen molar-refractivity contribution in [2.45, 2.75) is 58.1 Å². The minimum absolute atomic E-state index is 0.481. The summed E-state index contributed by atoms with van der Waals surface area (Å²) in [6.07, 6.45) is 6.99. The Morgan fingerprint density at radius 2 is 2.05 bits per heavy atom. The van der Waals surface area contributed by atoms with Crippen molar-refractivity contribution in [3.8, 4) is 0 Å². The number of hydrogen-bond acceptors (Lipinski definition) is 3. The summed E-state index contributed by atoms with van der Waals surface area (Å²) < 4.78 is 5.75. The molecule has 0 aromatic carbocycles. The molecule has 3 heteroatoms. The minimum Gasteiger partial charge on any atom is -0.377 e. The summed E-state index contributed by atoms with van der Waals surface area (Å²) in [5.74, 6) is 0.778. The van der Waals surface area contributed by atoms with Gasteiger partial charge in [-0.1, -0.05) is 13.8 Å². The average Bonchev–Trinajstić information content (AvgIpc) is 2.81. The van der Waals surface area contributed by atoms with Gasteiger partial charge in [0, 0.05) is 25.7 Å². The standard InChI is InChI=1S/C16H32N2O/c1-16(2)8-7-15(17-3)13(10-16)11-18(4)12-14-6-5-9-19-14/h13-15,17H,5-12H2,1-4H3. The monoisotopic (exact) mass is 268 g/mol. The molecule has 3 nitrogen and oxygen atoms in total. The zero-order valence-electron chi connectivity index (χ0n) is 13.2. The summed E-state index contributed by atoms with van der Waals surface area (Å²) in [5.41, 5.74) is 0.517. The molecule has 2 fully saturated rings. The van der Waals surface area contributed by atoms with E-state index < -0.39 is 0 Å². The fourth-order valence-corrected chi connectivity index (χ4v) is 3.92. The number of likely N-dealkylation sites (N-methyl/N-ethyl adjacent to an activating group) is 1. The topological polar surface area (TPSA) is 24.5 Å². The van der Waals surface area contributed by atoms with E-state index in [1.807, 2.05) is 0 Å². The first-order valence-electron chi connectivity index (χ1n) is 7.97. The summed E-state index contributed by atoms with van der Waals surface area (Å²) in [5, 5.41) is 3.53. The maximum Gasteiger partial charge on any atom is 0.0702 e. The summed E-state index contributed by atoms with van der Waals surface area (Å²) in [6, 6.07) is 0.694. The van der Waals surface area contributed by atoms with Crippen molar-refractivity contribution in [2.24, 2.45) is 11.3 Å². The Balaban J connectivity index is 1.83. The molecular formula is C16H32N2O. The van der Waals surface area contributed by atoms with E-state index in [-0.39, 0.29) is 0 Å². The molecule has 1 aliphatic carbocycles. The van der Waals surface area contributed by atoms with E-state index in [2.05, 4.69) is 38.2 Å². The van der Waals surface area contributed by atoms with E-state index in [4.69, 9.17) is 4.74 Å². The molecule has 2 rings (SSSR count). The molecule has 1 heterocycles. The Hall–Kier alpha value is -0.120. The molecule has 0 spiro atoms. The van der Waals surface area contributed by atoms with Crippen LogP contribution in [-0.4, -0.2) is 50.8 Å². The number of nitrogens with zero attached hydrogens (tertiary/aromatic N) is 1. The van der Waals surface area contributed by atoms with Crippen LogP contribution in [0.3, 0.4) is 0 Å². The molecular weight excluding hydrogens is 236 g/mol. The van der Waals surface area contributed by atoms with Gasteiger partial charge in [0.1, 0.15) is 0 Å². The van der Waals surface area contributed by atoms with Gasteiger partial charge in [-0.05, 0) is 57.5 Å². The normalized spacial score (nSPS) is 34.9. The lowest BCUT2D eigenvalue weighted by Crippen LogP contribution is -2.46. The lowest BCUT2D eigenvalue weighted by molar-refractivity contribution is 0.0606. The second-order valence-electron chi connectivity index (χ2n) is 7.42. The van der Waals surface area contributed by atoms with E-state index in [0.717, 1.165) is 19.1 Å². The van der Waals surface area contributed by atoms with Gasteiger partial charge in [-0.15, -0.1) is 0 Å². The number of hydrogen-bond donors (Lipinski definition) is 1. The molecule has 1 N–H and O–H groups in total. The molecule has 1 saturated carbocycles. The third kappa shape index (κ3) is 4.44. The Kier molecular flexibility index (Phi) is 5.27. The first-order valence-corrected chi connectivity index (χ1v) is 7.97. The van der Waals surface area contributed by atoms with E-state index >= 15 is 0 Å². The molecule has 112 valence electrons. The fourth-order valence-electron chi connectivity index (χ4n) is 3.92.